The molecule has 0 saturated carbocycles. The van der Waals surface area contributed by atoms with Crippen molar-refractivity contribution in [2.45, 2.75) is 30.9 Å². The minimum absolute atomic E-state index is 0.139. The molecule has 2 unspecified atom stereocenters. The van der Waals surface area contributed by atoms with Crippen molar-refractivity contribution in [2.75, 3.05) is 22.8 Å². The van der Waals surface area contributed by atoms with Crippen LogP contribution in [-0.2, 0) is 14.8 Å². The van der Waals surface area contributed by atoms with Crippen LogP contribution in [0.1, 0.15) is 13.8 Å². The fourth-order valence-electron chi connectivity index (χ4n) is 2.83. The zero-order chi connectivity index (χ0) is 18.0. The fourth-order valence-corrected chi connectivity index (χ4v) is 4.19. The van der Waals surface area contributed by atoms with Crippen LogP contribution in [-0.4, -0.2) is 33.7 Å². The normalized spacial score (nSPS) is 21.2. The molecular formula is C18H21ClN2O3S. The molecule has 0 spiro atoms. The summed E-state index contributed by atoms with van der Waals surface area (Å²) < 4.78 is 33.1. The van der Waals surface area contributed by atoms with Gasteiger partial charge in [0.15, 0.2) is 0 Å². The molecule has 134 valence electrons. The van der Waals surface area contributed by atoms with Crippen LogP contribution in [0, 0.1) is 0 Å². The van der Waals surface area contributed by atoms with Crippen molar-refractivity contribution in [2.24, 2.45) is 0 Å². The number of nitrogens with one attached hydrogen (secondary N) is 1. The summed E-state index contributed by atoms with van der Waals surface area (Å²) in [6.07, 6.45) is 0.178. The third-order valence-electron chi connectivity index (χ3n) is 4.17. The maximum absolute atomic E-state index is 12.4. The van der Waals surface area contributed by atoms with E-state index in [0.29, 0.717) is 17.3 Å². The van der Waals surface area contributed by atoms with Crippen molar-refractivity contribution < 1.29 is 13.2 Å². The van der Waals surface area contributed by atoms with Crippen LogP contribution >= 0.6 is 11.6 Å². The van der Waals surface area contributed by atoms with E-state index < -0.39 is 10.0 Å². The van der Waals surface area contributed by atoms with Gasteiger partial charge in [-0.2, -0.15) is 0 Å². The summed E-state index contributed by atoms with van der Waals surface area (Å²) >= 11 is 5.88. The molecule has 0 radical (unpaired) electrons. The largest absolute Gasteiger partial charge is 0.375 e. The van der Waals surface area contributed by atoms with E-state index in [1.165, 1.54) is 12.1 Å². The Bertz CT molecular complexity index is 840. The van der Waals surface area contributed by atoms with Gasteiger partial charge in [0.25, 0.3) is 10.0 Å². The highest BCUT2D eigenvalue weighted by Gasteiger charge is 2.23. The van der Waals surface area contributed by atoms with Crippen molar-refractivity contribution in [3.8, 4) is 0 Å². The highest BCUT2D eigenvalue weighted by atomic mass is 35.5. The maximum atomic E-state index is 12.4. The van der Waals surface area contributed by atoms with Crippen molar-refractivity contribution >= 4 is 33.0 Å². The topological polar surface area (TPSA) is 58.6 Å². The SMILES string of the molecule is CC1CN(c2ccc(NS(=O)(=O)c3cccc(Cl)c3)cc2)C(C)CO1. The van der Waals surface area contributed by atoms with E-state index in [2.05, 4.69) is 16.5 Å². The minimum Gasteiger partial charge on any atom is -0.375 e. The van der Waals surface area contributed by atoms with Crippen LogP contribution in [0.15, 0.2) is 53.4 Å². The Balaban J connectivity index is 1.76. The third-order valence-corrected chi connectivity index (χ3v) is 5.78. The quantitative estimate of drug-likeness (QED) is 0.877. The average Bonchev–Trinajstić information content (AvgIpc) is 2.58. The number of anilines is 2. The number of hydrogen-bond acceptors (Lipinski definition) is 4. The van der Waals surface area contributed by atoms with Crippen LogP contribution in [0.2, 0.25) is 5.02 Å². The molecule has 0 aliphatic carbocycles. The second-order valence-corrected chi connectivity index (χ2v) is 8.37. The Kier molecular flexibility index (Phi) is 5.22. The Morgan fingerprint density at radius 2 is 1.88 bits per heavy atom. The summed E-state index contributed by atoms with van der Waals surface area (Å²) in [5.41, 5.74) is 1.56. The third kappa shape index (κ3) is 4.26. The Hall–Kier alpha value is -1.76. The van der Waals surface area contributed by atoms with Gasteiger partial charge in [0.1, 0.15) is 0 Å². The molecular weight excluding hydrogens is 360 g/mol. The lowest BCUT2D eigenvalue weighted by Gasteiger charge is -2.38. The Labute approximate surface area is 153 Å². The molecule has 1 fully saturated rings. The summed E-state index contributed by atoms with van der Waals surface area (Å²) in [7, 11) is -3.66. The van der Waals surface area contributed by atoms with Gasteiger partial charge in [0, 0.05) is 29.0 Å². The van der Waals surface area contributed by atoms with Gasteiger partial charge in [0.05, 0.1) is 17.6 Å². The highest BCUT2D eigenvalue weighted by Crippen LogP contribution is 2.25. The van der Waals surface area contributed by atoms with Crippen LogP contribution in [0.5, 0.6) is 0 Å². The van der Waals surface area contributed by atoms with Gasteiger partial charge in [-0.05, 0) is 56.3 Å². The molecule has 3 rings (SSSR count). The number of hydrogen-bond donors (Lipinski definition) is 1. The average molecular weight is 381 g/mol. The van der Waals surface area contributed by atoms with Crippen molar-refractivity contribution in [1.82, 2.24) is 0 Å². The van der Waals surface area contributed by atoms with Gasteiger partial charge in [0.2, 0.25) is 0 Å². The number of halogens is 1. The van der Waals surface area contributed by atoms with E-state index in [9.17, 15) is 8.42 Å². The lowest BCUT2D eigenvalue weighted by Crippen LogP contribution is -2.47. The van der Waals surface area contributed by atoms with Gasteiger partial charge in [-0.15, -0.1) is 0 Å². The maximum Gasteiger partial charge on any atom is 0.261 e. The molecule has 2 aromatic rings. The number of rotatable bonds is 4. The Morgan fingerprint density at radius 3 is 2.56 bits per heavy atom. The molecule has 2 atom stereocenters. The number of morpholine rings is 1. The standard InChI is InChI=1S/C18H21ClN2O3S/c1-13-12-24-14(2)11-21(13)17-8-6-16(7-9-17)20-25(22,23)18-5-3-4-15(19)10-18/h3-10,13-14,20H,11-12H2,1-2H3. The van der Waals surface area contributed by atoms with Gasteiger partial charge in [-0.3, -0.25) is 4.72 Å². The molecule has 1 aliphatic rings. The zero-order valence-electron chi connectivity index (χ0n) is 14.1. The first-order chi connectivity index (χ1) is 11.8. The van der Waals surface area contributed by atoms with E-state index in [-0.39, 0.29) is 17.0 Å². The summed E-state index contributed by atoms with van der Waals surface area (Å²) in [5, 5.41) is 0.383. The van der Waals surface area contributed by atoms with Crippen LogP contribution in [0.3, 0.4) is 0 Å². The van der Waals surface area contributed by atoms with E-state index in [1.807, 2.05) is 19.1 Å². The lowest BCUT2D eigenvalue weighted by molar-refractivity contribution is 0.0344. The monoisotopic (exact) mass is 380 g/mol. The second kappa shape index (κ2) is 7.23. The Morgan fingerprint density at radius 1 is 1.16 bits per heavy atom. The molecule has 25 heavy (non-hydrogen) atoms. The number of benzene rings is 2. The molecule has 1 aliphatic heterocycles. The first-order valence-corrected chi connectivity index (χ1v) is 9.98. The summed E-state index contributed by atoms with van der Waals surface area (Å²) in [5.74, 6) is 0. The first kappa shape index (κ1) is 18.0. The predicted molar refractivity (Wildman–Crippen MR) is 101 cm³/mol. The van der Waals surface area contributed by atoms with Gasteiger partial charge >= 0.3 is 0 Å². The molecule has 2 aromatic carbocycles. The van der Waals surface area contributed by atoms with E-state index in [0.717, 1.165) is 12.2 Å². The van der Waals surface area contributed by atoms with Crippen molar-refractivity contribution in [3.05, 3.63) is 53.6 Å². The molecule has 0 aromatic heterocycles. The zero-order valence-corrected chi connectivity index (χ0v) is 15.7. The van der Waals surface area contributed by atoms with Gasteiger partial charge in [-0.1, -0.05) is 17.7 Å². The number of nitrogens with zero attached hydrogens (tertiary/aromatic N) is 1. The molecule has 1 N–H and O–H groups in total. The van der Waals surface area contributed by atoms with E-state index in [1.54, 1.807) is 24.3 Å². The highest BCUT2D eigenvalue weighted by molar-refractivity contribution is 7.92. The van der Waals surface area contributed by atoms with Gasteiger partial charge < -0.3 is 9.64 Å². The summed E-state index contributed by atoms with van der Waals surface area (Å²) in [6.45, 7) is 5.66. The van der Waals surface area contributed by atoms with Crippen LogP contribution in [0.25, 0.3) is 0 Å². The predicted octanol–water partition coefficient (Wildman–Crippen LogP) is 3.75. The molecule has 0 amide bonds. The fraction of sp³-hybridized carbons (Fsp3) is 0.333. The number of sulfonamides is 1. The van der Waals surface area contributed by atoms with E-state index in [4.69, 9.17) is 16.3 Å². The van der Waals surface area contributed by atoms with Crippen molar-refractivity contribution in [3.63, 3.8) is 0 Å². The summed E-state index contributed by atoms with van der Waals surface area (Å²) in [4.78, 5) is 2.41. The van der Waals surface area contributed by atoms with Crippen LogP contribution < -0.4 is 9.62 Å². The van der Waals surface area contributed by atoms with Crippen LogP contribution in [0.4, 0.5) is 11.4 Å². The lowest BCUT2D eigenvalue weighted by atomic mass is 10.1. The van der Waals surface area contributed by atoms with E-state index >= 15 is 0 Å². The molecule has 5 nitrogen and oxygen atoms in total. The first-order valence-electron chi connectivity index (χ1n) is 8.12. The van der Waals surface area contributed by atoms with Gasteiger partial charge in [-0.25, -0.2) is 8.42 Å². The molecule has 7 heteroatoms. The molecule has 1 saturated heterocycles. The summed E-state index contributed by atoms with van der Waals surface area (Å²) in [6, 6.07) is 13.9. The molecule has 1 heterocycles. The number of ether oxygens (including phenoxy) is 1. The minimum atomic E-state index is -3.66. The van der Waals surface area contributed by atoms with Crippen molar-refractivity contribution in [1.29, 1.82) is 0 Å². The second-order valence-electron chi connectivity index (χ2n) is 6.26. The smallest absolute Gasteiger partial charge is 0.261 e. The molecule has 0 bridgehead atoms.